The molecule has 0 fully saturated rings. The lowest BCUT2D eigenvalue weighted by atomic mass is 10.0. The largest absolute Gasteiger partial charge is 0.497 e. The fourth-order valence-electron chi connectivity index (χ4n) is 2.52. The van der Waals surface area contributed by atoms with Crippen molar-refractivity contribution < 1.29 is 9.47 Å². The van der Waals surface area contributed by atoms with E-state index in [0.29, 0.717) is 6.04 Å². The molecule has 0 saturated carbocycles. The van der Waals surface area contributed by atoms with Gasteiger partial charge >= 0.3 is 0 Å². The molecule has 0 aliphatic carbocycles. The number of thiophene rings is 1. The van der Waals surface area contributed by atoms with Gasteiger partial charge in [0, 0.05) is 17.6 Å². The Morgan fingerprint density at radius 3 is 2.57 bits per heavy atom. The van der Waals surface area contributed by atoms with Crippen molar-refractivity contribution in [3.05, 3.63) is 46.2 Å². The first-order valence-corrected chi connectivity index (χ1v) is 8.07. The number of hydrogen-bond acceptors (Lipinski definition) is 4. The first kappa shape index (κ1) is 15.9. The van der Waals surface area contributed by atoms with Crippen LogP contribution in [0.3, 0.4) is 0 Å². The molecule has 0 aliphatic heterocycles. The van der Waals surface area contributed by atoms with Crippen molar-refractivity contribution in [1.29, 1.82) is 0 Å². The Morgan fingerprint density at radius 2 is 1.95 bits per heavy atom. The number of rotatable bonds is 7. The molecule has 1 heterocycles. The SMILES string of the molecule is COc1ccc(OC)c(C(C)NC(C)Cc2ccsc2)c1. The van der Waals surface area contributed by atoms with Crippen molar-refractivity contribution in [2.75, 3.05) is 14.2 Å². The summed E-state index contributed by atoms with van der Waals surface area (Å²) in [5, 5.41) is 7.95. The summed E-state index contributed by atoms with van der Waals surface area (Å²) in [6.45, 7) is 4.36. The Labute approximate surface area is 130 Å². The average molecular weight is 305 g/mol. The lowest BCUT2D eigenvalue weighted by molar-refractivity contribution is 0.386. The molecule has 0 spiro atoms. The fourth-order valence-corrected chi connectivity index (χ4v) is 3.20. The molecular weight excluding hydrogens is 282 g/mol. The molecule has 2 rings (SSSR count). The van der Waals surface area contributed by atoms with E-state index in [2.05, 4.69) is 36.0 Å². The van der Waals surface area contributed by atoms with Crippen molar-refractivity contribution in [3.8, 4) is 11.5 Å². The molecule has 2 aromatic rings. The number of benzene rings is 1. The minimum absolute atomic E-state index is 0.198. The van der Waals surface area contributed by atoms with Gasteiger partial charge in [-0.3, -0.25) is 0 Å². The molecule has 0 amide bonds. The van der Waals surface area contributed by atoms with E-state index in [4.69, 9.17) is 9.47 Å². The Kier molecular flexibility index (Phi) is 5.65. The quantitative estimate of drug-likeness (QED) is 0.837. The van der Waals surface area contributed by atoms with Gasteiger partial charge in [-0.25, -0.2) is 0 Å². The third kappa shape index (κ3) is 4.22. The molecule has 2 atom stereocenters. The Balaban J connectivity index is 2.06. The van der Waals surface area contributed by atoms with Crippen LogP contribution in [-0.2, 0) is 6.42 Å². The van der Waals surface area contributed by atoms with Gasteiger partial charge in [0.15, 0.2) is 0 Å². The minimum atomic E-state index is 0.198. The predicted molar refractivity (Wildman–Crippen MR) is 88.6 cm³/mol. The lowest BCUT2D eigenvalue weighted by Gasteiger charge is -2.22. The number of hydrogen-bond donors (Lipinski definition) is 1. The van der Waals surface area contributed by atoms with Gasteiger partial charge in [0.25, 0.3) is 0 Å². The zero-order chi connectivity index (χ0) is 15.2. The summed E-state index contributed by atoms with van der Waals surface area (Å²) >= 11 is 1.74. The lowest BCUT2D eigenvalue weighted by Crippen LogP contribution is -2.30. The van der Waals surface area contributed by atoms with Gasteiger partial charge < -0.3 is 14.8 Å². The zero-order valence-corrected chi connectivity index (χ0v) is 13.9. The number of methoxy groups -OCH3 is 2. The van der Waals surface area contributed by atoms with Crippen LogP contribution in [-0.4, -0.2) is 20.3 Å². The highest BCUT2D eigenvalue weighted by molar-refractivity contribution is 7.07. The predicted octanol–water partition coefficient (Wildman–Crippen LogP) is 4.05. The van der Waals surface area contributed by atoms with Gasteiger partial charge in [0.2, 0.25) is 0 Å². The second-order valence-corrected chi connectivity index (χ2v) is 6.01. The van der Waals surface area contributed by atoms with E-state index in [0.717, 1.165) is 23.5 Å². The summed E-state index contributed by atoms with van der Waals surface area (Å²) < 4.78 is 10.8. The molecule has 0 aliphatic rings. The van der Waals surface area contributed by atoms with Crippen LogP contribution in [0.15, 0.2) is 35.0 Å². The smallest absolute Gasteiger partial charge is 0.123 e. The number of ether oxygens (including phenoxy) is 2. The molecule has 1 N–H and O–H groups in total. The molecule has 0 saturated heterocycles. The van der Waals surface area contributed by atoms with Crippen molar-refractivity contribution in [1.82, 2.24) is 5.32 Å². The topological polar surface area (TPSA) is 30.5 Å². The van der Waals surface area contributed by atoms with Crippen LogP contribution in [0.4, 0.5) is 0 Å². The highest BCUT2D eigenvalue weighted by atomic mass is 32.1. The van der Waals surface area contributed by atoms with Gasteiger partial charge in [-0.1, -0.05) is 0 Å². The first-order chi connectivity index (χ1) is 10.1. The van der Waals surface area contributed by atoms with Crippen LogP contribution in [0.5, 0.6) is 11.5 Å². The van der Waals surface area contributed by atoms with E-state index >= 15 is 0 Å². The minimum Gasteiger partial charge on any atom is -0.497 e. The standard InChI is InChI=1S/C17H23NO2S/c1-12(9-14-7-8-21-11-14)18-13(2)16-10-15(19-3)5-6-17(16)20-4/h5-8,10-13,18H,9H2,1-4H3. The van der Waals surface area contributed by atoms with E-state index < -0.39 is 0 Å². The normalized spacial score (nSPS) is 13.7. The van der Waals surface area contributed by atoms with E-state index in [1.165, 1.54) is 5.56 Å². The van der Waals surface area contributed by atoms with Gasteiger partial charge in [-0.15, -0.1) is 0 Å². The highest BCUT2D eigenvalue weighted by Gasteiger charge is 2.15. The maximum absolute atomic E-state index is 5.46. The molecule has 0 radical (unpaired) electrons. The third-order valence-corrected chi connectivity index (χ3v) is 4.29. The Hall–Kier alpha value is -1.52. The summed E-state index contributed by atoms with van der Waals surface area (Å²) in [6, 6.07) is 8.68. The summed E-state index contributed by atoms with van der Waals surface area (Å²) in [5.41, 5.74) is 2.50. The second kappa shape index (κ2) is 7.48. The molecule has 4 heteroatoms. The van der Waals surface area contributed by atoms with E-state index in [1.54, 1.807) is 25.6 Å². The molecule has 21 heavy (non-hydrogen) atoms. The van der Waals surface area contributed by atoms with Crippen LogP contribution in [0.1, 0.15) is 31.0 Å². The summed E-state index contributed by atoms with van der Waals surface area (Å²) in [4.78, 5) is 0. The Morgan fingerprint density at radius 1 is 1.14 bits per heavy atom. The van der Waals surface area contributed by atoms with Crippen LogP contribution in [0.25, 0.3) is 0 Å². The fraction of sp³-hybridized carbons (Fsp3) is 0.412. The van der Waals surface area contributed by atoms with E-state index in [-0.39, 0.29) is 6.04 Å². The highest BCUT2D eigenvalue weighted by Crippen LogP contribution is 2.29. The van der Waals surface area contributed by atoms with Crippen molar-refractivity contribution in [2.24, 2.45) is 0 Å². The van der Waals surface area contributed by atoms with Gasteiger partial charge in [-0.2, -0.15) is 11.3 Å². The Bertz CT molecular complexity index is 554. The molecule has 2 unspecified atom stereocenters. The first-order valence-electron chi connectivity index (χ1n) is 7.13. The van der Waals surface area contributed by atoms with Crippen molar-refractivity contribution in [3.63, 3.8) is 0 Å². The van der Waals surface area contributed by atoms with Crippen LogP contribution >= 0.6 is 11.3 Å². The molecule has 3 nitrogen and oxygen atoms in total. The number of nitrogens with one attached hydrogen (secondary N) is 1. The average Bonchev–Trinajstić information content (AvgIpc) is 2.99. The van der Waals surface area contributed by atoms with Gasteiger partial charge in [0.05, 0.1) is 14.2 Å². The van der Waals surface area contributed by atoms with Crippen LogP contribution in [0, 0.1) is 0 Å². The van der Waals surface area contributed by atoms with Crippen molar-refractivity contribution >= 4 is 11.3 Å². The molecule has 1 aromatic carbocycles. The summed E-state index contributed by atoms with van der Waals surface area (Å²) in [5.74, 6) is 1.74. The third-order valence-electron chi connectivity index (χ3n) is 3.56. The molecular formula is C17H23NO2S. The maximum atomic E-state index is 5.46. The summed E-state index contributed by atoms with van der Waals surface area (Å²) in [6.07, 6.45) is 1.03. The summed E-state index contributed by atoms with van der Waals surface area (Å²) in [7, 11) is 3.38. The monoisotopic (exact) mass is 305 g/mol. The van der Waals surface area contributed by atoms with Crippen LogP contribution < -0.4 is 14.8 Å². The van der Waals surface area contributed by atoms with E-state index in [1.807, 2.05) is 18.2 Å². The molecule has 1 aromatic heterocycles. The maximum Gasteiger partial charge on any atom is 0.123 e. The van der Waals surface area contributed by atoms with E-state index in [9.17, 15) is 0 Å². The molecule has 0 bridgehead atoms. The van der Waals surface area contributed by atoms with Crippen molar-refractivity contribution in [2.45, 2.75) is 32.4 Å². The second-order valence-electron chi connectivity index (χ2n) is 5.23. The molecule has 114 valence electrons. The zero-order valence-electron chi connectivity index (χ0n) is 13.1. The van der Waals surface area contributed by atoms with Crippen LogP contribution in [0.2, 0.25) is 0 Å². The van der Waals surface area contributed by atoms with Gasteiger partial charge in [-0.05, 0) is 60.9 Å². The van der Waals surface area contributed by atoms with Gasteiger partial charge in [0.1, 0.15) is 11.5 Å².